The first-order valence-electron chi connectivity index (χ1n) is 7.80. The number of hydrogen-bond donors (Lipinski definition) is 0. The highest BCUT2D eigenvalue weighted by molar-refractivity contribution is 6.30. The maximum absolute atomic E-state index is 6.06. The Hall–Kier alpha value is -2.13. The fraction of sp³-hybridized carbons (Fsp3) is 0.263. The molecule has 1 aliphatic heterocycles. The molecular formula is C19H17ClN2O. The van der Waals surface area contributed by atoms with E-state index in [9.17, 15) is 0 Å². The number of fused-ring (bicyclic) bond motifs is 2. The van der Waals surface area contributed by atoms with Gasteiger partial charge in [-0.2, -0.15) is 10.2 Å². The molecule has 2 aliphatic rings. The zero-order valence-electron chi connectivity index (χ0n) is 12.9. The number of methoxy groups -OCH3 is 1. The van der Waals surface area contributed by atoms with Gasteiger partial charge in [0.1, 0.15) is 5.75 Å². The van der Waals surface area contributed by atoms with Crippen molar-refractivity contribution in [3.8, 4) is 5.75 Å². The summed E-state index contributed by atoms with van der Waals surface area (Å²) in [7, 11) is 1.68. The van der Waals surface area contributed by atoms with Crippen LogP contribution in [0.4, 0.5) is 0 Å². The Morgan fingerprint density at radius 1 is 0.913 bits per heavy atom. The van der Waals surface area contributed by atoms with Gasteiger partial charge in [0.2, 0.25) is 0 Å². The van der Waals surface area contributed by atoms with Crippen LogP contribution in [0.5, 0.6) is 5.75 Å². The van der Waals surface area contributed by atoms with Gasteiger partial charge in [0.15, 0.2) is 0 Å². The predicted octanol–water partition coefficient (Wildman–Crippen LogP) is 5.15. The maximum atomic E-state index is 6.06. The van der Waals surface area contributed by atoms with Crippen molar-refractivity contribution in [2.75, 3.05) is 7.11 Å². The van der Waals surface area contributed by atoms with Crippen molar-refractivity contribution in [1.29, 1.82) is 0 Å². The van der Waals surface area contributed by atoms with Crippen molar-refractivity contribution in [1.82, 2.24) is 0 Å². The summed E-state index contributed by atoms with van der Waals surface area (Å²) < 4.78 is 5.28. The zero-order chi connectivity index (χ0) is 15.8. The molecule has 1 saturated carbocycles. The van der Waals surface area contributed by atoms with Crippen LogP contribution in [-0.4, -0.2) is 19.2 Å². The predicted molar refractivity (Wildman–Crippen MR) is 92.1 cm³/mol. The molecule has 2 aromatic rings. The largest absolute Gasteiger partial charge is 0.497 e. The first kappa shape index (κ1) is 14.5. The molecule has 1 fully saturated rings. The Kier molecular flexibility index (Phi) is 3.66. The van der Waals surface area contributed by atoms with Crippen LogP contribution in [0.1, 0.15) is 24.0 Å². The maximum Gasteiger partial charge on any atom is 0.118 e. The fourth-order valence-corrected chi connectivity index (χ4v) is 3.58. The lowest BCUT2D eigenvalue weighted by Crippen LogP contribution is -2.05. The molecule has 1 heterocycles. The molecule has 23 heavy (non-hydrogen) atoms. The molecule has 0 amide bonds. The van der Waals surface area contributed by atoms with Crippen LogP contribution in [0.25, 0.3) is 5.57 Å². The second-order valence-corrected chi connectivity index (χ2v) is 6.34. The van der Waals surface area contributed by atoms with E-state index in [1.165, 1.54) is 22.3 Å². The third-order valence-corrected chi connectivity index (χ3v) is 4.83. The Morgan fingerprint density at radius 2 is 1.43 bits per heavy atom. The van der Waals surface area contributed by atoms with Gasteiger partial charge >= 0.3 is 0 Å². The number of halogens is 1. The van der Waals surface area contributed by atoms with E-state index in [0.717, 1.165) is 23.6 Å². The second kappa shape index (κ2) is 5.82. The molecule has 2 bridgehead atoms. The van der Waals surface area contributed by atoms with Gasteiger partial charge in [0.05, 0.1) is 19.2 Å². The molecule has 0 unspecified atom stereocenters. The van der Waals surface area contributed by atoms with Gasteiger partial charge < -0.3 is 4.74 Å². The summed E-state index contributed by atoms with van der Waals surface area (Å²) in [6.07, 6.45) is 2.19. The van der Waals surface area contributed by atoms with Crippen molar-refractivity contribution in [3.05, 3.63) is 70.3 Å². The Morgan fingerprint density at radius 3 is 1.91 bits per heavy atom. The lowest BCUT2D eigenvalue weighted by atomic mass is 9.90. The van der Waals surface area contributed by atoms with Gasteiger partial charge in [-0.05, 0) is 59.4 Å². The Balaban J connectivity index is 1.87. The van der Waals surface area contributed by atoms with Crippen molar-refractivity contribution in [2.45, 2.75) is 24.9 Å². The van der Waals surface area contributed by atoms with E-state index in [1.54, 1.807) is 7.11 Å². The van der Waals surface area contributed by atoms with E-state index < -0.39 is 0 Å². The summed E-state index contributed by atoms with van der Waals surface area (Å²) >= 11 is 6.06. The van der Waals surface area contributed by atoms with Gasteiger partial charge in [-0.1, -0.05) is 35.9 Å². The van der Waals surface area contributed by atoms with Gasteiger partial charge in [-0.25, -0.2) is 0 Å². The smallest absolute Gasteiger partial charge is 0.118 e. The van der Waals surface area contributed by atoms with Crippen molar-refractivity contribution in [3.63, 3.8) is 0 Å². The van der Waals surface area contributed by atoms with Crippen LogP contribution >= 0.6 is 11.6 Å². The molecular weight excluding hydrogens is 308 g/mol. The number of ether oxygens (including phenoxy) is 1. The first-order chi connectivity index (χ1) is 11.3. The van der Waals surface area contributed by atoms with Crippen LogP contribution < -0.4 is 4.74 Å². The van der Waals surface area contributed by atoms with Gasteiger partial charge in [-0.15, -0.1) is 0 Å². The first-order valence-corrected chi connectivity index (χ1v) is 8.18. The fourth-order valence-electron chi connectivity index (χ4n) is 3.46. The highest BCUT2D eigenvalue weighted by Crippen LogP contribution is 2.43. The minimum absolute atomic E-state index is 0.229. The molecule has 116 valence electrons. The topological polar surface area (TPSA) is 34.0 Å². The molecule has 1 aliphatic carbocycles. The van der Waals surface area contributed by atoms with E-state index in [0.29, 0.717) is 0 Å². The molecule has 0 aromatic heterocycles. The summed E-state index contributed by atoms with van der Waals surface area (Å²) in [6, 6.07) is 16.7. The molecule has 0 saturated heterocycles. The Labute approximate surface area is 140 Å². The van der Waals surface area contributed by atoms with E-state index in [4.69, 9.17) is 16.3 Å². The standard InChI is InChI=1S/C19H17ClN2O/c1-23-15-8-4-13(5-9-15)18(12-2-6-14(20)7-3-12)19-16-10-11-17(19)22-21-16/h2-9,16-17H,10-11H2,1H3/t16-,17+. The number of benzene rings is 2. The highest BCUT2D eigenvalue weighted by Gasteiger charge is 2.38. The van der Waals surface area contributed by atoms with Gasteiger partial charge in [0.25, 0.3) is 0 Å². The summed E-state index contributed by atoms with van der Waals surface area (Å²) in [4.78, 5) is 0. The van der Waals surface area contributed by atoms with Crippen molar-refractivity contribution >= 4 is 17.2 Å². The van der Waals surface area contributed by atoms with Crippen LogP contribution in [0.15, 0.2) is 64.3 Å². The van der Waals surface area contributed by atoms with E-state index >= 15 is 0 Å². The molecule has 0 spiro atoms. The SMILES string of the molecule is COc1ccc(C(=C2[C@@H]3CC[C@H]2N=N3)c2ccc(Cl)cc2)cc1. The molecule has 3 nitrogen and oxygen atoms in total. The summed E-state index contributed by atoms with van der Waals surface area (Å²) in [5, 5.41) is 9.60. The summed E-state index contributed by atoms with van der Waals surface area (Å²) in [5.74, 6) is 0.859. The molecule has 0 N–H and O–H groups in total. The van der Waals surface area contributed by atoms with Crippen LogP contribution in [0.3, 0.4) is 0 Å². The summed E-state index contributed by atoms with van der Waals surface area (Å²) in [5.41, 5.74) is 4.92. The van der Waals surface area contributed by atoms with Gasteiger partial charge in [0, 0.05) is 5.02 Å². The second-order valence-electron chi connectivity index (χ2n) is 5.91. The third kappa shape index (κ3) is 2.55. The minimum Gasteiger partial charge on any atom is -0.497 e. The molecule has 2 atom stereocenters. The number of nitrogens with zero attached hydrogens (tertiary/aromatic N) is 2. The van der Waals surface area contributed by atoms with Gasteiger partial charge in [-0.3, -0.25) is 0 Å². The molecule has 2 aromatic carbocycles. The summed E-state index contributed by atoms with van der Waals surface area (Å²) in [6.45, 7) is 0. The average molecular weight is 325 g/mol. The molecule has 4 rings (SSSR count). The molecule has 4 heteroatoms. The number of azo groups is 1. The normalized spacial score (nSPS) is 24.1. The van der Waals surface area contributed by atoms with E-state index in [-0.39, 0.29) is 12.1 Å². The number of rotatable bonds is 3. The van der Waals surface area contributed by atoms with Crippen LogP contribution in [-0.2, 0) is 0 Å². The van der Waals surface area contributed by atoms with E-state index in [2.05, 4.69) is 34.5 Å². The third-order valence-electron chi connectivity index (χ3n) is 4.58. The van der Waals surface area contributed by atoms with Crippen molar-refractivity contribution in [2.24, 2.45) is 10.2 Å². The monoisotopic (exact) mass is 324 g/mol. The highest BCUT2D eigenvalue weighted by atomic mass is 35.5. The molecule has 0 radical (unpaired) electrons. The Bertz CT molecular complexity index is 762. The minimum atomic E-state index is 0.229. The lowest BCUT2D eigenvalue weighted by molar-refractivity contribution is 0.415. The number of hydrogen-bond acceptors (Lipinski definition) is 3. The van der Waals surface area contributed by atoms with Crippen LogP contribution in [0, 0.1) is 0 Å². The lowest BCUT2D eigenvalue weighted by Gasteiger charge is -2.15. The average Bonchev–Trinajstić information content (AvgIpc) is 3.18. The van der Waals surface area contributed by atoms with E-state index in [1.807, 2.05) is 24.3 Å². The van der Waals surface area contributed by atoms with Crippen LogP contribution in [0.2, 0.25) is 5.02 Å². The quantitative estimate of drug-likeness (QED) is 0.769. The van der Waals surface area contributed by atoms with Crippen molar-refractivity contribution < 1.29 is 4.74 Å². The zero-order valence-corrected chi connectivity index (χ0v) is 13.6.